The summed E-state index contributed by atoms with van der Waals surface area (Å²) in [6, 6.07) is 5.78. The first-order chi connectivity index (χ1) is 8.84. The van der Waals surface area contributed by atoms with Gasteiger partial charge in [-0.3, -0.25) is 0 Å². The SMILES string of the molecule is Cc1ccnc(-n2nc(C(C)(C)C)cc2N)c1C#N. The Labute approximate surface area is 112 Å². The summed E-state index contributed by atoms with van der Waals surface area (Å²) in [7, 11) is 0. The molecular formula is C14H17N5. The first kappa shape index (κ1) is 13.1. The molecule has 5 nitrogen and oxygen atoms in total. The molecule has 0 spiro atoms. The van der Waals surface area contributed by atoms with E-state index in [-0.39, 0.29) is 5.41 Å². The lowest BCUT2D eigenvalue weighted by Crippen LogP contribution is -2.13. The molecule has 2 N–H and O–H groups in total. The van der Waals surface area contributed by atoms with Gasteiger partial charge in [0.05, 0.1) is 11.3 Å². The van der Waals surface area contributed by atoms with Crippen molar-refractivity contribution >= 4 is 5.82 Å². The largest absolute Gasteiger partial charge is 0.384 e. The second-order valence-electron chi connectivity index (χ2n) is 5.55. The van der Waals surface area contributed by atoms with Gasteiger partial charge in [-0.1, -0.05) is 20.8 Å². The molecule has 2 rings (SSSR count). The van der Waals surface area contributed by atoms with Gasteiger partial charge in [-0.15, -0.1) is 0 Å². The molecule has 19 heavy (non-hydrogen) atoms. The van der Waals surface area contributed by atoms with E-state index in [0.717, 1.165) is 11.3 Å². The fourth-order valence-corrected chi connectivity index (χ4v) is 1.77. The summed E-state index contributed by atoms with van der Waals surface area (Å²) in [6.45, 7) is 8.06. The second kappa shape index (κ2) is 4.39. The maximum atomic E-state index is 9.25. The number of nitrogen functional groups attached to an aromatic ring is 1. The molecule has 0 saturated heterocycles. The summed E-state index contributed by atoms with van der Waals surface area (Å²) in [5.41, 5.74) is 8.12. The highest BCUT2D eigenvalue weighted by Crippen LogP contribution is 2.25. The van der Waals surface area contributed by atoms with Gasteiger partial charge in [-0.2, -0.15) is 15.0 Å². The van der Waals surface area contributed by atoms with Crippen molar-refractivity contribution < 1.29 is 0 Å². The molecule has 0 atom stereocenters. The van der Waals surface area contributed by atoms with Crippen LogP contribution in [0.1, 0.15) is 37.6 Å². The van der Waals surface area contributed by atoms with Gasteiger partial charge >= 0.3 is 0 Å². The van der Waals surface area contributed by atoms with Gasteiger partial charge in [0.2, 0.25) is 0 Å². The standard InChI is InChI=1S/C14H17N5/c1-9-5-6-17-13(10(9)8-15)19-12(16)7-11(18-19)14(2,3)4/h5-7H,16H2,1-4H3. The van der Waals surface area contributed by atoms with Gasteiger partial charge in [-0.25, -0.2) is 4.98 Å². The third kappa shape index (κ3) is 2.29. The molecule has 0 bridgehead atoms. The van der Waals surface area contributed by atoms with E-state index >= 15 is 0 Å². The molecule has 98 valence electrons. The lowest BCUT2D eigenvalue weighted by Gasteiger charge is -2.14. The number of rotatable bonds is 1. The van der Waals surface area contributed by atoms with Crippen LogP contribution in [0.5, 0.6) is 0 Å². The van der Waals surface area contributed by atoms with Crippen molar-refractivity contribution in [1.82, 2.24) is 14.8 Å². The van der Waals surface area contributed by atoms with Crippen LogP contribution in [0.3, 0.4) is 0 Å². The van der Waals surface area contributed by atoms with Crippen LogP contribution in [0.25, 0.3) is 5.82 Å². The number of nitrogens with two attached hydrogens (primary N) is 1. The predicted molar refractivity (Wildman–Crippen MR) is 73.9 cm³/mol. The van der Waals surface area contributed by atoms with E-state index in [9.17, 15) is 5.26 Å². The van der Waals surface area contributed by atoms with Crippen LogP contribution < -0.4 is 5.73 Å². The molecule has 2 aromatic rings. The zero-order valence-electron chi connectivity index (χ0n) is 11.6. The summed E-state index contributed by atoms with van der Waals surface area (Å²) < 4.78 is 1.53. The lowest BCUT2D eigenvalue weighted by molar-refractivity contribution is 0.559. The minimum absolute atomic E-state index is 0.101. The van der Waals surface area contributed by atoms with Crippen LogP contribution in [0.15, 0.2) is 18.3 Å². The third-order valence-electron chi connectivity index (χ3n) is 2.96. The van der Waals surface area contributed by atoms with Crippen LogP contribution in [0, 0.1) is 18.3 Å². The Morgan fingerprint density at radius 3 is 2.58 bits per heavy atom. The van der Waals surface area contributed by atoms with Crippen molar-refractivity contribution in [3.8, 4) is 11.9 Å². The van der Waals surface area contributed by atoms with Crippen molar-refractivity contribution in [2.75, 3.05) is 5.73 Å². The molecule has 0 unspecified atom stereocenters. The number of nitrogens with zero attached hydrogens (tertiary/aromatic N) is 4. The molecule has 0 aliphatic rings. The van der Waals surface area contributed by atoms with Crippen LogP contribution in [-0.4, -0.2) is 14.8 Å². The average Bonchev–Trinajstić information content (AvgIpc) is 2.70. The first-order valence-electron chi connectivity index (χ1n) is 6.06. The number of anilines is 1. The molecular weight excluding hydrogens is 238 g/mol. The fourth-order valence-electron chi connectivity index (χ4n) is 1.77. The highest BCUT2D eigenvalue weighted by Gasteiger charge is 2.21. The minimum Gasteiger partial charge on any atom is -0.384 e. The van der Waals surface area contributed by atoms with Gasteiger partial charge in [0.25, 0.3) is 0 Å². The lowest BCUT2D eigenvalue weighted by atomic mass is 9.92. The summed E-state index contributed by atoms with van der Waals surface area (Å²) in [5, 5.41) is 13.7. The molecule has 0 fully saturated rings. The Balaban J connectivity index is 2.64. The maximum absolute atomic E-state index is 9.25. The summed E-state index contributed by atoms with van der Waals surface area (Å²) in [4.78, 5) is 4.23. The van der Waals surface area contributed by atoms with E-state index in [1.807, 2.05) is 13.0 Å². The van der Waals surface area contributed by atoms with Crippen molar-refractivity contribution in [2.24, 2.45) is 0 Å². The summed E-state index contributed by atoms with van der Waals surface area (Å²) in [5.74, 6) is 0.968. The Bertz CT molecular complexity index is 655. The van der Waals surface area contributed by atoms with Gasteiger partial charge in [0, 0.05) is 17.7 Å². The van der Waals surface area contributed by atoms with Gasteiger partial charge in [-0.05, 0) is 18.6 Å². The van der Waals surface area contributed by atoms with E-state index in [0.29, 0.717) is 17.2 Å². The van der Waals surface area contributed by atoms with Crippen LogP contribution >= 0.6 is 0 Å². The first-order valence-corrected chi connectivity index (χ1v) is 6.06. The topological polar surface area (TPSA) is 80.5 Å². The smallest absolute Gasteiger partial charge is 0.173 e. The monoisotopic (exact) mass is 255 g/mol. The molecule has 0 aromatic carbocycles. The Hall–Kier alpha value is -2.35. The highest BCUT2D eigenvalue weighted by atomic mass is 15.3. The highest BCUT2D eigenvalue weighted by molar-refractivity contribution is 5.52. The third-order valence-corrected chi connectivity index (χ3v) is 2.96. The van der Waals surface area contributed by atoms with Crippen molar-refractivity contribution in [3.05, 3.63) is 35.2 Å². The zero-order valence-corrected chi connectivity index (χ0v) is 11.6. The van der Waals surface area contributed by atoms with E-state index < -0.39 is 0 Å². The normalized spacial score (nSPS) is 11.3. The van der Waals surface area contributed by atoms with Crippen molar-refractivity contribution in [2.45, 2.75) is 33.1 Å². The van der Waals surface area contributed by atoms with Gasteiger partial charge < -0.3 is 5.73 Å². The predicted octanol–water partition coefficient (Wildman–Crippen LogP) is 2.33. The van der Waals surface area contributed by atoms with E-state index in [2.05, 4.69) is 36.9 Å². The number of aryl methyl sites for hydroxylation is 1. The van der Waals surface area contributed by atoms with E-state index in [1.165, 1.54) is 4.68 Å². The molecule has 0 aliphatic carbocycles. The number of nitriles is 1. The number of hydrogen-bond donors (Lipinski definition) is 1. The molecule has 0 saturated carbocycles. The van der Waals surface area contributed by atoms with Crippen LogP contribution in [-0.2, 0) is 5.41 Å². The molecule has 2 aromatic heterocycles. The average molecular weight is 255 g/mol. The summed E-state index contributed by atoms with van der Waals surface area (Å²) >= 11 is 0. The van der Waals surface area contributed by atoms with E-state index in [4.69, 9.17) is 5.73 Å². The van der Waals surface area contributed by atoms with Crippen molar-refractivity contribution in [1.29, 1.82) is 5.26 Å². The maximum Gasteiger partial charge on any atom is 0.173 e. The number of aromatic nitrogens is 3. The Morgan fingerprint density at radius 1 is 1.37 bits per heavy atom. The molecule has 0 amide bonds. The van der Waals surface area contributed by atoms with Gasteiger partial charge in [0.1, 0.15) is 11.9 Å². The van der Waals surface area contributed by atoms with Crippen molar-refractivity contribution in [3.63, 3.8) is 0 Å². The molecule has 0 radical (unpaired) electrons. The Morgan fingerprint density at radius 2 is 2.05 bits per heavy atom. The van der Waals surface area contributed by atoms with Gasteiger partial charge in [0.15, 0.2) is 5.82 Å². The van der Waals surface area contributed by atoms with Crippen LogP contribution in [0.2, 0.25) is 0 Å². The number of pyridine rings is 1. The Kier molecular flexibility index (Phi) is 3.03. The van der Waals surface area contributed by atoms with E-state index in [1.54, 1.807) is 12.3 Å². The molecule has 5 heteroatoms. The number of hydrogen-bond acceptors (Lipinski definition) is 4. The summed E-state index contributed by atoms with van der Waals surface area (Å²) in [6.07, 6.45) is 1.66. The molecule has 0 aliphatic heterocycles. The zero-order chi connectivity index (χ0) is 14.2. The molecule has 2 heterocycles. The fraction of sp³-hybridized carbons (Fsp3) is 0.357. The second-order valence-corrected chi connectivity index (χ2v) is 5.55. The van der Waals surface area contributed by atoms with Crippen LogP contribution in [0.4, 0.5) is 5.82 Å². The quantitative estimate of drug-likeness (QED) is 0.848. The minimum atomic E-state index is -0.101.